The van der Waals surface area contributed by atoms with Crippen molar-refractivity contribution in [2.45, 2.75) is 6.92 Å². The molecule has 2 amide bonds. The van der Waals surface area contributed by atoms with Crippen LogP contribution in [0.3, 0.4) is 0 Å². The third-order valence-electron chi connectivity index (χ3n) is 4.15. The van der Waals surface area contributed by atoms with Gasteiger partial charge >= 0.3 is 0 Å². The van der Waals surface area contributed by atoms with E-state index in [2.05, 4.69) is 11.9 Å². The number of hydrogen-bond acceptors (Lipinski definition) is 4. The molecule has 3 rings (SSSR count). The van der Waals surface area contributed by atoms with Crippen molar-refractivity contribution in [3.05, 3.63) is 78.0 Å². The first-order valence-electron chi connectivity index (χ1n) is 8.24. The Morgan fingerprint density at radius 1 is 1.12 bits per heavy atom. The third-order valence-corrected chi connectivity index (χ3v) is 4.15. The average molecular weight is 348 g/mol. The van der Waals surface area contributed by atoms with Crippen molar-refractivity contribution < 1.29 is 14.3 Å². The van der Waals surface area contributed by atoms with Crippen LogP contribution in [0.25, 0.3) is 5.57 Å². The number of anilines is 1. The highest BCUT2D eigenvalue weighted by molar-refractivity contribution is 6.36. The Labute approximate surface area is 152 Å². The summed E-state index contributed by atoms with van der Waals surface area (Å²) in [4.78, 5) is 26.9. The largest absolute Gasteiger partial charge is 0.497 e. The number of carbonyl (C=O) groups excluding carboxylic acids is 2. The van der Waals surface area contributed by atoms with Crippen LogP contribution in [0.1, 0.15) is 11.1 Å². The quantitative estimate of drug-likeness (QED) is 0.642. The fourth-order valence-corrected chi connectivity index (χ4v) is 2.88. The van der Waals surface area contributed by atoms with Gasteiger partial charge < -0.3 is 10.1 Å². The predicted octanol–water partition coefficient (Wildman–Crippen LogP) is 3.38. The van der Waals surface area contributed by atoms with E-state index in [4.69, 9.17) is 4.74 Å². The minimum atomic E-state index is -0.359. The summed E-state index contributed by atoms with van der Waals surface area (Å²) >= 11 is 0. The Hall–Kier alpha value is -3.34. The molecule has 0 radical (unpaired) electrons. The molecular formula is C21H20N2O3. The predicted molar refractivity (Wildman–Crippen MR) is 102 cm³/mol. The number of ether oxygens (including phenoxy) is 1. The number of carbonyl (C=O) groups is 2. The van der Waals surface area contributed by atoms with Gasteiger partial charge in [-0.3, -0.25) is 14.5 Å². The number of rotatable bonds is 6. The maximum Gasteiger partial charge on any atom is 0.278 e. The lowest BCUT2D eigenvalue weighted by molar-refractivity contribution is -0.136. The second-order valence-electron chi connectivity index (χ2n) is 5.98. The van der Waals surface area contributed by atoms with Crippen molar-refractivity contribution in [3.8, 4) is 5.75 Å². The Kier molecular flexibility index (Phi) is 4.89. The molecule has 0 aliphatic carbocycles. The van der Waals surface area contributed by atoms with Gasteiger partial charge in [0, 0.05) is 12.2 Å². The van der Waals surface area contributed by atoms with E-state index in [0.717, 1.165) is 11.3 Å². The number of benzene rings is 2. The van der Waals surface area contributed by atoms with Crippen LogP contribution >= 0.6 is 0 Å². The summed E-state index contributed by atoms with van der Waals surface area (Å²) in [5.74, 6) is -0.0142. The SMILES string of the molecule is C=CCN1C(=O)C(Nc2cccc(C)c2)=C(c2ccc(OC)cc2)C1=O. The fraction of sp³-hybridized carbons (Fsp3) is 0.143. The molecule has 0 unspecified atom stereocenters. The molecule has 1 N–H and O–H groups in total. The van der Waals surface area contributed by atoms with Crippen LogP contribution < -0.4 is 10.1 Å². The van der Waals surface area contributed by atoms with Gasteiger partial charge in [0.25, 0.3) is 11.8 Å². The minimum absolute atomic E-state index is 0.163. The summed E-state index contributed by atoms with van der Waals surface area (Å²) in [7, 11) is 1.58. The van der Waals surface area contributed by atoms with E-state index >= 15 is 0 Å². The molecule has 0 saturated carbocycles. The van der Waals surface area contributed by atoms with Gasteiger partial charge in [0.1, 0.15) is 11.4 Å². The van der Waals surface area contributed by atoms with Crippen LogP contribution in [0.4, 0.5) is 5.69 Å². The standard InChI is InChI=1S/C21H20N2O3/c1-4-12-23-20(24)18(15-8-10-17(26-3)11-9-15)19(21(23)25)22-16-7-5-6-14(2)13-16/h4-11,13,22H,1,12H2,2-3H3. The van der Waals surface area contributed by atoms with Gasteiger partial charge in [0.15, 0.2) is 0 Å². The topological polar surface area (TPSA) is 58.6 Å². The fourth-order valence-electron chi connectivity index (χ4n) is 2.88. The van der Waals surface area contributed by atoms with Crippen molar-refractivity contribution in [1.29, 1.82) is 0 Å². The first-order valence-corrected chi connectivity index (χ1v) is 8.24. The molecule has 5 heteroatoms. The van der Waals surface area contributed by atoms with Crippen LogP contribution in [-0.4, -0.2) is 30.4 Å². The van der Waals surface area contributed by atoms with Crippen molar-refractivity contribution in [2.75, 3.05) is 19.0 Å². The van der Waals surface area contributed by atoms with Crippen molar-refractivity contribution in [1.82, 2.24) is 4.90 Å². The average Bonchev–Trinajstić information content (AvgIpc) is 2.87. The molecule has 132 valence electrons. The van der Waals surface area contributed by atoms with Gasteiger partial charge in [0.2, 0.25) is 0 Å². The maximum atomic E-state index is 12.9. The first kappa shape index (κ1) is 17.5. The maximum absolute atomic E-state index is 12.9. The molecule has 0 spiro atoms. The van der Waals surface area contributed by atoms with Crippen molar-refractivity contribution >= 4 is 23.1 Å². The highest BCUT2D eigenvalue weighted by Gasteiger charge is 2.38. The van der Waals surface area contributed by atoms with Crippen molar-refractivity contribution in [3.63, 3.8) is 0 Å². The molecule has 0 fully saturated rings. The summed E-state index contributed by atoms with van der Waals surface area (Å²) in [5.41, 5.74) is 3.09. The molecule has 1 aliphatic heterocycles. The molecule has 2 aromatic rings. The molecule has 1 heterocycles. The van der Waals surface area contributed by atoms with E-state index in [1.807, 2.05) is 31.2 Å². The lowest BCUT2D eigenvalue weighted by atomic mass is 10.0. The molecule has 0 saturated heterocycles. The first-order chi connectivity index (χ1) is 12.5. The zero-order valence-electron chi connectivity index (χ0n) is 14.8. The van der Waals surface area contributed by atoms with Crippen LogP contribution in [-0.2, 0) is 9.59 Å². The zero-order chi connectivity index (χ0) is 18.7. The van der Waals surface area contributed by atoms with Gasteiger partial charge in [-0.15, -0.1) is 6.58 Å². The van der Waals surface area contributed by atoms with Crippen LogP contribution in [0.5, 0.6) is 5.75 Å². The van der Waals surface area contributed by atoms with Crippen LogP contribution in [0.2, 0.25) is 0 Å². The van der Waals surface area contributed by atoms with Gasteiger partial charge in [-0.2, -0.15) is 0 Å². The summed E-state index contributed by atoms with van der Waals surface area (Å²) in [6, 6.07) is 14.7. The van der Waals surface area contributed by atoms with Crippen molar-refractivity contribution in [2.24, 2.45) is 0 Å². The summed E-state index contributed by atoms with van der Waals surface area (Å²) in [5, 5.41) is 3.13. The number of imide groups is 1. The minimum Gasteiger partial charge on any atom is -0.497 e. The Bertz CT molecular complexity index is 898. The summed E-state index contributed by atoms with van der Waals surface area (Å²) in [6.45, 7) is 5.76. The lowest BCUT2D eigenvalue weighted by Crippen LogP contribution is -2.32. The Morgan fingerprint density at radius 2 is 1.85 bits per heavy atom. The normalized spacial score (nSPS) is 14.0. The third kappa shape index (κ3) is 3.24. The smallest absolute Gasteiger partial charge is 0.278 e. The number of nitrogens with one attached hydrogen (secondary N) is 1. The van der Waals surface area contributed by atoms with E-state index in [0.29, 0.717) is 16.9 Å². The second-order valence-corrected chi connectivity index (χ2v) is 5.98. The Balaban J connectivity index is 2.07. The number of amides is 2. The molecule has 0 aromatic heterocycles. The number of methoxy groups -OCH3 is 1. The number of hydrogen-bond donors (Lipinski definition) is 1. The van der Waals surface area contributed by atoms with Gasteiger partial charge in [-0.25, -0.2) is 0 Å². The number of aryl methyl sites for hydroxylation is 1. The number of nitrogens with zero attached hydrogens (tertiary/aromatic N) is 1. The molecule has 1 aliphatic rings. The Morgan fingerprint density at radius 3 is 2.46 bits per heavy atom. The van der Waals surface area contributed by atoms with Crippen LogP contribution in [0, 0.1) is 6.92 Å². The van der Waals surface area contributed by atoms with E-state index < -0.39 is 0 Å². The summed E-state index contributed by atoms with van der Waals surface area (Å²) in [6.07, 6.45) is 1.54. The molecule has 0 bridgehead atoms. The van der Waals surface area contributed by atoms with E-state index in [1.165, 1.54) is 11.0 Å². The van der Waals surface area contributed by atoms with E-state index in [9.17, 15) is 9.59 Å². The molecule has 2 aromatic carbocycles. The molecular weight excluding hydrogens is 328 g/mol. The molecule has 26 heavy (non-hydrogen) atoms. The zero-order valence-corrected chi connectivity index (χ0v) is 14.8. The van der Waals surface area contributed by atoms with Crippen LogP contribution in [0.15, 0.2) is 66.9 Å². The van der Waals surface area contributed by atoms with Gasteiger partial charge in [-0.05, 0) is 42.3 Å². The highest BCUT2D eigenvalue weighted by atomic mass is 16.5. The monoisotopic (exact) mass is 348 g/mol. The second kappa shape index (κ2) is 7.27. The van der Waals surface area contributed by atoms with Gasteiger partial charge in [0.05, 0.1) is 12.7 Å². The highest BCUT2D eigenvalue weighted by Crippen LogP contribution is 2.31. The lowest BCUT2D eigenvalue weighted by Gasteiger charge is -2.12. The van der Waals surface area contributed by atoms with Gasteiger partial charge in [-0.1, -0.05) is 30.3 Å². The molecule has 0 atom stereocenters. The van der Waals surface area contributed by atoms with E-state index in [-0.39, 0.29) is 24.1 Å². The van der Waals surface area contributed by atoms with E-state index in [1.54, 1.807) is 31.4 Å². The molecule has 5 nitrogen and oxygen atoms in total. The summed E-state index contributed by atoms with van der Waals surface area (Å²) < 4.78 is 5.17.